The van der Waals surface area contributed by atoms with E-state index in [-0.39, 0.29) is 24.9 Å². The zero-order valence-corrected chi connectivity index (χ0v) is 14.1. The number of carbonyl (C=O) groups is 1. The minimum absolute atomic E-state index is 0.0206. The highest BCUT2D eigenvalue weighted by Crippen LogP contribution is 2.29. The van der Waals surface area contributed by atoms with Crippen molar-refractivity contribution >= 4 is 31.7 Å². The van der Waals surface area contributed by atoms with Crippen LogP contribution in [0.25, 0.3) is 11.5 Å². The molecule has 1 fully saturated rings. The second-order valence-electron chi connectivity index (χ2n) is 5.51. The van der Waals surface area contributed by atoms with Crippen molar-refractivity contribution in [1.82, 2.24) is 10.2 Å². The molecule has 2 heterocycles. The van der Waals surface area contributed by atoms with Gasteiger partial charge < -0.3 is 4.42 Å². The first-order chi connectivity index (χ1) is 10.8. The fraction of sp³-hybridized carbons (Fsp3) is 0.357. The number of anilines is 1. The van der Waals surface area contributed by atoms with Gasteiger partial charge in [-0.05, 0) is 25.5 Å². The summed E-state index contributed by atoms with van der Waals surface area (Å²) in [4.78, 5) is 13.1. The third kappa shape index (κ3) is 3.09. The Kier molecular flexibility index (Phi) is 3.89. The van der Waals surface area contributed by atoms with Crippen molar-refractivity contribution in [2.45, 2.75) is 25.5 Å². The van der Waals surface area contributed by atoms with Crippen molar-refractivity contribution in [1.29, 1.82) is 0 Å². The van der Waals surface area contributed by atoms with Crippen LogP contribution >= 0.6 is 10.7 Å². The number of hydrogen-bond acceptors (Lipinski definition) is 6. The summed E-state index contributed by atoms with van der Waals surface area (Å²) in [6.07, 6.45) is -0.187. The summed E-state index contributed by atoms with van der Waals surface area (Å²) >= 11 is 0. The Bertz CT molecular complexity index is 878. The average Bonchev–Trinajstić information content (AvgIpc) is 3.04. The predicted octanol–water partition coefficient (Wildman–Crippen LogP) is 2.03. The van der Waals surface area contributed by atoms with Crippen LogP contribution in [0.4, 0.5) is 6.01 Å². The summed E-state index contributed by atoms with van der Waals surface area (Å²) in [5.74, 6) is -0.127. The first kappa shape index (κ1) is 15.9. The molecular formula is C14H14ClN3O4S. The van der Waals surface area contributed by atoms with Gasteiger partial charge >= 0.3 is 6.01 Å². The third-order valence-corrected chi connectivity index (χ3v) is 5.61. The van der Waals surface area contributed by atoms with Gasteiger partial charge in [0.1, 0.15) is 5.25 Å². The number of benzene rings is 1. The van der Waals surface area contributed by atoms with Crippen LogP contribution in [0.3, 0.4) is 0 Å². The van der Waals surface area contributed by atoms with Crippen LogP contribution in [-0.4, -0.2) is 36.3 Å². The maximum atomic E-state index is 12.0. The van der Waals surface area contributed by atoms with E-state index in [1.54, 1.807) is 0 Å². The van der Waals surface area contributed by atoms with Crippen LogP contribution in [0.2, 0.25) is 0 Å². The lowest BCUT2D eigenvalue weighted by Gasteiger charge is -2.09. The van der Waals surface area contributed by atoms with E-state index in [4.69, 9.17) is 15.1 Å². The summed E-state index contributed by atoms with van der Waals surface area (Å²) in [7, 11) is 1.51. The van der Waals surface area contributed by atoms with E-state index in [0.29, 0.717) is 0 Å². The monoisotopic (exact) mass is 355 g/mol. The second-order valence-corrected chi connectivity index (χ2v) is 8.42. The van der Waals surface area contributed by atoms with Crippen LogP contribution in [0.1, 0.15) is 17.5 Å². The molecule has 0 aliphatic carbocycles. The normalized spacial score (nSPS) is 18.7. The van der Waals surface area contributed by atoms with Gasteiger partial charge in [0.25, 0.3) is 0 Å². The molecule has 1 aliphatic heterocycles. The minimum Gasteiger partial charge on any atom is -0.403 e. The van der Waals surface area contributed by atoms with Crippen LogP contribution in [-0.2, 0) is 13.8 Å². The van der Waals surface area contributed by atoms with Crippen molar-refractivity contribution in [3.05, 3.63) is 29.3 Å². The molecule has 9 heteroatoms. The molecule has 1 aromatic carbocycles. The maximum absolute atomic E-state index is 12.0. The smallest absolute Gasteiger partial charge is 0.325 e. The average molecular weight is 356 g/mol. The van der Waals surface area contributed by atoms with Gasteiger partial charge in [0, 0.05) is 29.2 Å². The number of aryl methyl sites for hydroxylation is 2. The van der Waals surface area contributed by atoms with E-state index >= 15 is 0 Å². The lowest BCUT2D eigenvalue weighted by Crippen LogP contribution is -2.27. The number of rotatable bonds is 3. The van der Waals surface area contributed by atoms with Gasteiger partial charge in [-0.15, -0.1) is 5.10 Å². The molecule has 3 rings (SSSR count). The van der Waals surface area contributed by atoms with Gasteiger partial charge in [-0.3, -0.25) is 9.69 Å². The number of hydrogen-bond donors (Lipinski definition) is 0. The molecule has 1 unspecified atom stereocenters. The highest BCUT2D eigenvalue weighted by atomic mass is 35.7. The van der Waals surface area contributed by atoms with Crippen LogP contribution < -0.4 is 4.90 Å². The number of amides is 1. The number of nitrogens with zero attached hydrogens (tertiary/aromatic N) is 3. The van der Waals surface area contributed by atoms with E-state index in [2.05, 4.69) is 10.2 Å². The van der Waals surface area contributed by atoms with Crippen molar-refractivity contribution in [2.75, 3.05) is 11.4 Å². The van der Waals surface area contributed by atoms with Crippen molar-refractivity contribution in [3.63, 3.8) is 0 Å². The molecule has 1 saturated heterocycles. The summed E-state index contributed by atoms with van der Waals surface area (Å²) in [5.41, 5.74) is 2.84. The Balaban J connectivity index is 1.89. The van der Waals surface area contributed by atoms with Gasteiger partial charge in [-0.1, -0.05) is 22.8 Å². The zero-order valence-electron chi connectivity index (χ0n) is 12.5. The Hall–Kier alpha value is -1.93. The summed E-state index contributed by atoms with van der Waals surface area (Å²) in [6, 6.07) is 5.74. The van der Waals surface area contributed by atoms with Gasteiger partial charge in [0.2, 0.25) is 20.8 Å². The maximum Gasteiger partial charge on any atom is 0.325 e. The van der Waals surface area contributed by atoms with Gasteiger partial charge in [-0.25, -0.2) is 8.42 Å². The fourth-order valence-corrected chi connectivity index (χ4v) is 3.56. The van der Waals surface area contributed by atoms with E-state index in [9.17, 15) is 13.2 Å². The molecule has 1 aliphatic rings. The van der Waals surface area contributed by atoms with Crippen LogP contribution in [0.5, 0.6) is 0 Å². The van der Waals surface area contributed by atoms with Crippen LogP contribution in [0, 0.1) is 13.8 Å². The standard InChI is InChI=1S/C14H14ClN3O4S/c1-8-3-4-11(9(2)5-8)13-16-17-14(22-13)18-7-10(6-12(18)19)23(15,20)21/h3-5,10H,6-7H2,1-2H3. The molecule has 1 aromatic heterocycles. The molecule has 2 aromatic rings. The molecule has 0 N–H and O–H groups in total. The summed E-state index contributed by atoms with van der Waals surface area (Å²) < 4.78 is 28.3. The lowest BCUT2D eigenvalue weighted by molar-refractivity contribution is -0.117. The Morgan fingerprint density at radius 2 is 2.04 bits per heavy atom. The van der Waals surface area contributed by atoms with Crippen molar-refractivity contribution < 1.29 is 17.6 Å². The van der Waals surface area contributed by atoms with Crippen molar-refractivity contribution in [2.24, 2.45) is 0 Å². The fourth-order valence-electron chi connectivity index (χ4n) is 2.54. The largest absolute Gasteiger partial charge is 0.403 e. The molecule has 0 spiro atoms. The molecule has 1 amide bonds. The summed E-state index contributed by atoms with van der Waals surface area (Å²) in [6.45, 7) is 3.81. The summed E-state index contributed by atoms with van der Waals surface area (Å²) in [5, 5.41) is 6.84. The van der Waals surface area contributed by atoms with Gasteiger partial charge in [0.05, 0.1) is 0 Å². The molecule has 1 atom stereocenters. The van der Waals surface area contributed by atoms with E-state index in [1.807, 2.05) is 32.0 Å². The van der Waals surface area contributed by atoms with E-state index < -0.39 is 20.2 Å². The predicted molar refractivity (Wildman–Crippen MR) is 84.7 cm³/mol. The van der Waals surface area contributed by atoms with E-state index in [0.717, 1.165) is 21.6 Å². The Morgan fingerprint density at radius 1 is 1.30 bits per heavy atom. The van der Waals surface area contributed by atoms with Crippen molar-refractivity contribution in [3.8, 4) is 11.5 Å². The first-order valence-electron chi connectivity index (χ1n) is 6.90. The lowest BCUT2D eigenvalue weighted by atomic mass is 10.1. The highest BCUT2D eigenvalue weighted by Gasteiger charge is 2.40. The molecule has 0 saturated carbocycles. The molecule has 0 bridgehead atoms. The minimum atomic E-state index is -3.81. The number of carbonyl (C=O) groups excluding carboxylic acids is 1. The number of aromatic nitrogens is 2. The highest BCUT2D eigenvalue weighted by molar-refractivity contribution is 8.14. The topological polar surface area (TPSA) is 93.4 Å². The Morgan fingerprint density at radius 3 is 2.65 bits per heavy atom. The van der Waals surface area contributed by atoms with Crippen LogP contribution in [0.15, 0.2) is 22.6 Å². The first-order valence-corrected chi connectivity index (χ1v) is 9.28. The zero-order chi connectivity index (χ0) is 16.8. The number of halogens is 1. The second kappa shape index (κ2) is 5.61. The molecule has 0 radical (unpaired) electrons. The Labute approximate surface area is 137 Å². The molecule has 122 valence electrons. The van der Waals surface area contributed by atoms with Gasteiger partial charge in [-0.2, -0.15) is 0 Å². The van der Waals surface area contributed by atoms with Gasteiger partial charge in [0.15, 0.2) is 0 Å². The molecule has 23 heavy (non-hydrogen) atoms. The quantitative estimate of drug-likeness (QED) is 0.782. The SMILES string of the molecule is Cc1ccc(-c2nnc(N3CC(S(=O)(=O)Cl)CC3=O)o2)c(C)c1. The van der Waals surface area contributed by atoms with E-state index in [1.165, 1.54) is 0 Å². The molecular weight excluding hydrogens is 342 g/mol. The third-order valence-electron chi connectivity index (χ3n) is 3.75. The molecule has 7 nitrogen and oxygen atoms in total.